The lowest BCUT2D eigenvalue weighted by atomic mass is 9.34. The van der Waals surface area contributed by atoms with Gasteiger partial charge in [-0.2, -0.15) is 0 Å². The summed E-state index contributed by atoms with van der Waals surface area (Å²) in [7, 11) is 0. The highest BCUT2D eigenvalue weighted by Crippen LogP contribution is 2.27. The van der Waals surface area contributed by atoms with Crippen molar-refractivity contribution in [1.82, 2.24) is 15.0 Å². The van der Waals surface area contributed by atoms with Gasteiger partial charge in [0, 0.05) is 16.7 Å². The van der Waals surface area contributed by atoms with E-state index in [4.69, 9.17) is 9.97 Å². The smallest absolute Gasteiger partial charge is 0.208 e. The lowest BCUT2D eigenvalue weighted by Crippen LogP contribution is -2.55. The van der Waals surface area contributed by atoms with Gasteiger partial charge in [-0.3, -0.25) is 0 Å². The SMILES string of the molecule is Cc1cc(C)c(B(c2ccc(-c3ccc(-c4nc(-c5ccc(F)cc5)nc(-c5ccc(F)cc5)n4)cc3)cc2)c2c(C)cc(C)cc2C)c(C)c1. The molecule has 0 spiro atoms. The van der Waals surface area contributed by atoms with E-state index in [0.29, 0.717) is 28.6 Å². The minimum Gasteiger partial charge on any atom is -0.208 e. The van der Waals surface area contributed by atoms with Gasteiger partial charge in [0.2, 0.25) is 6.71 Å². The standard InChI is InChI=1S/C45H38BF2N3/c1-27-23-29(3)41(30(4)24-27)46(42-31(5)25-28(2)26-32(42)6)38-17-11-34(12-18-38)33-7-9-35(10-8-33)43-49-44(36-13-19-39(47)20-14-36)51-45(50-43)37-15-21-40(48)22-16-37/h7-26H,1-6H3. The molecular formula is C45H38BF2N3. The lowest BCUT2D eigenvalue weighted by Gasteiger charge is -2.24. The molecule has 0 saturated heterocycles. The Hall–Kier alpha value is -5.75. The van der Waals surface area contributed by atoms with Crippen LogP contribution in [0.2, 0.25) is 0 Å². The number of hydrogen-bond donors (Lipinski definition) is 0. The Kier molecular flexibility index (Phi) is 9.18. The van der Waals surface area contributed by atoms with Crippen molar-refractivity contribution >= 4 is 23.1 Å². The summed E-state index contributed by atoms with van der Waals surface area (Å²) in [5.74, 6) is 0.609. The first-order valence-corrected chi connectivity index (χ1v) is 17.2. The average molecular weight is 670 g/mol. The third-order valence-electron chi connectivity index (χ3n) is 9.61. The number of rotatable bonds is 7. The van der Waals surface area contributed by atoms with E-state index in [-0.39, 0.29) is 18.3 Å². The van der Waals surface area contributed by atoms with Gasteiger partial charge in [0.05, 0.1) is 0 Å². The van der Waals surface area contributed by atoms with E-state index < -0.39 is 0 Å². The van der Waals surface area contributed by atoms with E-state index >= 15 is 0 Å². The Labute approximate surface area is 299 Å². The van der Waals surface area contributed by atoms with Gasteiger partial charge in [0.25, 0.3) is 0 Å². The quantitative estimate of drug-likeness (QED) is 0.159. The number of nitrogens with zero attached hydrogens (tertiary/aromatic N) is 3. The van der Waals surface area contributed by atoms with Gasteiger partial charge >= 0.3 is 0 Å². The maximum atomic E-state index is 13.7. The second-order valence-corrected chi connectivity index (χ2v) is 13.6. The van der Waals surface area contributed by atoms with Crippen molar-refractivity contribution in [2.45, 2.75) is 41.5 Å². The Bertz CT molecular complexity index is 2200. The van der Waals surface area contributed by atoms with Crippen LogP contribution in [0.25, 0.3) is 45.3 Å². The molecule has 7 rings (SSSR count). The van der Waals surface area contributed by atoms with Gasteiger partial charge in [-0.15, -0.1) is 0 Å². The molecule has 51 heavy (non-hydrogen) atoms. The second kappa shape index (κ2) is 13.9. The zero-order valence-electron chi connectivity index (χ0n) is 29.7. The van der Waals surface area contributed by atoms with Crippen molar-refractivity contribution in [3.63, 3.8) is 0 Å². The van der Waals surface area contributed by atoms with Crippen molar-refractivity contribution in [3.05, 3.63) is 166 Å². The van der Waals surface area contributed by atoms with E-state index in [1.165, 1.54) is 74.0 Å². The Morgan fingerprint density at radius 1 is 0.373 bits per heavy atom. The molecule has 0 radical (unpaired) electrons. The fourth-order valence-electron chi connectivity index (χ4n) is 7.41. The highest BCUT2D eigenvalue weighted by molar-refractivity contribution is 6.96. The molecule has 0 aliphatic carbocycles. The molecule has 0 saturated carbocycles. The molecule has 6 heteroatoms. The highest BCUT2D eigenvalue weighted by Gasteiger charge is 2.28. The molecule has 0 aliphatic heterocycles. The molecule has 0 unspecified atom stereocenters. The molecule has 6 aromatic carbocycles. The van der Waals surface area contributed by atoms with Crippen LogP contribution in [-0.2, 0) is 0 Å². The van der Waals surface area contributed by atoms with Crippen LogP contribution in [0.15, 0.2) is 121 Å². The molecule has 3 nitrogen and oxygen atoms in total. The molecule has 0 aliphatic rings. The molecule has 250 valence electrons. The number of aromatic nitrogens is 3. The summed E-state index contributed by atoms with van der Waals surface area (Å²) in [6, 6.07) is 38.4. The third kappa shape index (κ3) is 7.00. The molecule has 0 fully saturated rings. The van der Waals surface area contributed by atoms with Crippen LogP contribution in [0.3, 0.4) is 0 Å². The van der Waals surface area contributed by atoms with E-state index in [1.54, 1.807) is 24.3 Å². The summed E-state index contributed by atoms with van der Waals surface area (Å²) >= 11 is 0. The molecule has 0 amide bonds. The van der Waals surface area contributed by atoms with Crippen molar-refractivity contribution in [2.75, 3.05) is 0 Å². The number of halogens is 2. The molecule has 0 atom stereocenters. The molecular weight excluding hydrogens is 631 g/mol. The van der Waals surface area contributed by atoms with Crippen molar-refractivity contribution in [2.24, 2.45) is 0 Å². The largest absolute Gasteiger partial charge is 0.242 e. The van der Waals surface area contributed by atoms with Crippen LogP contribution in [0, 0.1) is 53.2 Å². The molecule has 7 aromatic rings. The van der Waals surface area contributed by atoms with Crippen LogP contribution in [0.4, 0.5) is 8.78 Å². The first-order chi connectivity index (χ1) is 24.5. The summed E-state index contributed by atoms with van der Waals surface area (Å²) in [6.45, 7) is 13.4. The summed E-state index contributed by atoms with van der Waals surface area (Å²) in [5, 5.41) is 0. The van der Waals surface area contributed by atoms with Crippen LogP contribution in [0.1, 0.15) is 33.4 Å². The van der Waals surface area contributed by atoms with Crippen LogP contribution >= 0.6 is 0 Å². The zero-order chi connectivity index (χ0) is 35.8. The van der Waals surface area contributed by atoms with Gasteiger partial charge in [-0.1, -0.05) is 123 Å². The normalized spacial score (nSPS) is 11.1. The lowest BCUT2D eigenvalue weighted by molar-refractivity contribution is 0.627. The average Bonchev–Trinajstić information content (AvgIpc) is 3.11. The van der Waals surface area contributed by atoms with E-state index in [0.717, 1.165) is 16.7 Å². The molecule has 0 bridgehead atoms. The Morgan fingerprint density at radius 2 is 0.647 bits per heavy atom. The first-order valence-electron chi connectivity index (χ1n) is 17.2. The number of benzene rings is 6. The van der Waals surface area contributed by atoms with Gasteiger partial charge in [-0.05, 0) is 101 Å². The van der Waals surface area contributed by atoms with Crippen molar-refractivity contribution in [3.8, 4) is 45.3 Å². The van der Waals surface area contributed by atoms with E-state index in [9.17, 15) is 8.78 Å². The molecule has 1 heterocycles. The number of hydrogen-bond acceptors (Lipinski definition) is 3. The van der Waals surface area contributed by atoms with Gasteiger partial charge in [-0.25, -0.2) is 23.7 Å². The summed E-state index contributed by atoms with van der Waals surface area (Å²) < 4.78 is 27.4. The fraction of sp³-hybridized carbons (Fsp3) is 0.133. The second-order valence-electron chi connectivity index (χ2n) is 13.6. The van der Waals surface area contributed by atoms with E-state index in [1.807, 2.05) is 12.1 Å². The Morgan fingerprint density at radius 3 is 0.980 bits per heavy atom. The topological polar surface area (TPSA) is 38.7 Å². The van der Waals surface area contributed by atoms with Gasteiger partial charge in [0.15, 0.2) is 17.5 Å². The van der Waals surface area contributed by atoms with Crippen LogP contribution in [0.5, 0.6) is 0 Å². The number of aryl methyl sites for hydroxylation is 6. The Balaban J connectivity index is 1.25. The summed E-state index contributed by atoms with van der Waals surface area (Å²) in [5.41, 5.74) is 16.1. The zero-order valence-corrected chi connectivity index (χ0v) is 29.7. The summed E-state index contributed by atoms with van der Waals surface area (Å²) in [4.78, 5) is 14.2. The van der Waals surface area contributed by atoms with Crippen molar-refractivity contribution < 1.29 is 8.78 Å². The maximum Gasteiger partial charge on any atom is 0.242 e. The highest BCUT2D eigenvalue weighted by atomic mass is 19.1. The van der Waals surface area contributed by atoms with Crippen LogP contribution in [-0.4, -0.2) is 21.7 Å². The monoisotopic (exact) mass is 669 g/mol. The van der Waals surface area contributed by atoms with Gasteiger partial charge < -0.3 is 0 Å². The summed E-state index contributed by atoms with van der Waals surface area (Å²) in [6.07, 6.45) is 0. The predicted molar refractivity (Wildman–Crippen MR) is 207 cm³/mol. The minimum absolute atomic E-state index is 0.108. The maximum absolute atomic E-state index is 13.7. The first kappa shape index (κ1) is 33.7. The minimum atomic E-state index is -0.341. The van der Waals surface area contributed by atoms with E-state index in [2.05, 4.69) is 107 Å². The fourth-order valence-corrected chi connectivity index (χ4v) is 7.41. The van der Waals surface area contributed by atoms with Crippen molar-refractivity contribution in [1.29, 1.82) is 0 Å². The van der Waals surface area contributed by atoms with Crippen LogP contribution < -0.4 is 16.4 Å². The van der Waals surface area contributed by atoms with Gasteiger partial charge in [0.1, 0.15) is 11.6 Å². The molecule has 0 N–H and O–H groups in total. The molecule has 1 aromatic heterocycles. The predicted octanol–water partition coefficient (Wildman–Crippen LogP) is 9.18. The third-order valence-corrected chi connectivity index (χ3v) is 9.61.